The molecule has 0 aliphatic rings. The van der Waals surface area contributed by atoms with Crippen LogP contribution in [0.2, 0.25) is 0 Å². The van der Waals surface area contributed by atoms with Crippen molar-refractivity contribution in [1.29, 1.82) is 0 Å². The highest BCUT2D eigenvalue weighted by atomic mass is 16.5. The number of esters is 2. The summed E-state index contributed by atoms with van der Waals surface area (Å²) < 4.78 is 9.31. The Bertz CT molecular complexity index is 928. The van der Waals surface area contributed by atoms with Gasteiger partial charge in [0.25, 0.3) is 0 Å². The second-order valence-corrected chi connectivity index (χ2v) is 6.13. The molecule has 0 unspecified atom stereocenters. The van der Waals surface area contributed by atoms with Gasteiger partial charge in [0.1, 0.15) is 0 Å². The molecule has 0 aromatic heterocycles. The van der Waals surface area contributed by atoms with Crippen molar-refractivity contribution in [3.63, 3.8) is 0 Å². The molecule has 0 saturated carbocycles. The number of amides is 2. The quantitative estimate of drug-likeness (QED) is 0.516. The van der Waals surface area contributed by atoms with Gasteiger partial charge in [0.2, 0.25) is 0 Å². The first-order valence-corrected chi connectivity index (χ1v) is 8.97. The Morgan fingerprint density at radius 1 is 0.967 bits per heavy atom. The molecule has 9 nitrogen and oxygen atoms in total. The minimum absolute atomic E-state index is 0.0388. The second kappa shape index (κ2) is 10.7. The third-order valence-corrected chi connectivity index (χ3v) is 4.16. The van der Waals surface area contributed by atoms with Crippen molar-refractivity contribution in [3.05, 3.63) is 65.2 Å². The van der Waals surface area contributed by atoms with Gasteiger partial charge in [-0.05, 0) is 23.8 Å². The summed E-state index contributed by atoms with van der Waals surface area (Å²) in [5, 5.41) is 11.6. The zero-order chi connectivity index (χ0) is 22.1. The van der Waals surface area contributed by atoms with E-state index in [1.807, 2.05) is 6.07 Å². The molecule has 0 heterocycles. The molecule has 2 rings (SSSR count). The summed E-state index contributed by atoms with van der Waals surface area (Å²) >= 11 is 0. The molecule has 2 amide bonds. The topological polar surface area (TPSA) is 122 Å². The highest BCUT2D eigenvalue weighted by Gasteiger charge is 2.24. The van der Waals surface area contributed by atoms with Crippen molar-refractivity contribution in [3.8, 4) is 0 Å². The molecule has 0 atom stereocenters. The minimum atomic E-state index is -1.04. The van der Waals surface area contributed by atoms with E-state index >= 15 is 0 Å². The Morgan fingerprint density at radius 3 is 2.23 bits per heavy atom. The van der Waals surface area contributed by atoms with Gasteiger partial charge in [-0.2, -0.15) is 0 Å². The Kier molecular flexibility index (Phi) is 8.07. The lowest BCUT2D eigenvalue weighted by Gasteiger charge is -2.21. The van der Waals surface area contributed by atoms with Gasteiger partial charge in [-0.25, -0.2) is 9.59 Å². The molecule has 0 radical (unpaired) electrons. The van der Waals surface area contributed by atoms with Gasteiger partial charge in [-0.15, -0.1) is 0 Å². The number of nitrogens with zero attached hydrogens (tertiary/aromatic N) is 1. The lowest BCUT2D eigenvalue weighted by Crippen LogP contribution is -2.41. The number of hydrogen-bond acceptors (Lipinski definition) is 7. The monoisotopic (exact) mass is 414 g/mol. The van der Waals surface area contributed by atoms with Crippen LogP contribution in [0.5, 0.6) is 0 Å². The van der Waals surface area contributed by atoms with Crippen LogP contribution < -0.4 is 5.32 Å². The summed E-state index contributed by atoms with van der Waals surface area (Å²) in [7, 11) is 2.35. The van der Waals surface area contributed by atoms with Gasteiger partial charge < -0.3 is 24.8 Å². The Balaban J connectivity index is 2.27. The van der Waals surface area contributed by atoms with E-state index in [0.717, 1.165) is 12.7 Å². The van der Waals surface area contributed by atoms with E-state index in [1.54, 1.807) is 24.3 Å². The first kappa shape index (κ1) is 22.6. The van der Waals surface area contributed by atoms with Crippen molar-refractivity contribution in [2.75, 3.05) is 32.7 Å². The molecule has 0 bridgehead atoms. The Labute approximate surface area is 173 Å². The number of ether oxygens (including phenoxy) is 2. The molecule has 2 aromatic rings. The predicted molar refractivity (Wildman–Crippen MR) is 107 cm³/mol. The fraction of sp³-hybridized carbons (Fsp3) is 0.238. The van der Waals surface area contributed by atoms with E-state index in [9.17, 15) is 24.3 Å². The normalized spacial score (nSPS) is 10.1. The maximum Gasteiger partial charge on any atom is 0.339 e. The predicted octanol–water partition coefficient (Wildman–Crippen LogP) is 1.22. The van der Waals surface area contributed by atoms with Crippen LogP contribution in [0, 0.1) is 0 Å². The molecule has 0 spiro atoms. The van der Waals surface area contributed by atoms with E-state index in [2.05, 4.69) is 14.8 Å². The largest absolute Gasteiger partial charge is 0.465 e. The van der Waals surface area contributed by atoms with E-state index in [1.165, 1.54) is 30.2 Å². The van der Waals surface area contributed by atoms with Crippen molar-refractivity contribution >= 4 is 29.4 Å². The SMILES string of the molecule is COC(=O)c1ccc(C(=O)OC)c(NC(=O)C(=O)N(CCO)Cc2ccccc2)c1. The maximum atomic E-state index is 12.7. The number of benzene rings is 2. The molecular formula is C21H22N2O7. The van der Waals surface area contributed by atoms with Crippen LogP contribution in [0.15, 0.2) is 48.5 Å². The number of hydrogen-bond donors (Lipinski definition) is 2. The number of rotatable bonds is 7. The number of carbonyl (C=O) groups excluding carboxylic acids is 4. The van der Waals surface area contributed by atoms with Crippen LogP contribution in [0.3, 0.4) is 0 Å². The van der Waals surface area contributed by atoms with Crippen LogP contribution in [0.4, 0.5) is 5.69 Å². The molecule has 0 aliphatic carbocycles. The fourth-order valence-corrected chi connectivity index (χ4v) is 2.68. The zero-order valence-electron chi connectivity index (χ0n) is 16.6. The first-order valence-electron chi connectivity index (χ1n) is 8.97. The molecular weight excluding hydrogens is 392 g/mol. The van der Waals surface area contributed by atoms with E-state index < -0.39 is 23.8 Å². The summed E-state index contributed by atoms with van der Waals surface area (Å²) in [6, 6.07) is 12.8. The lowest BCUT2D eigenvalue weighted by molar-refractivity contribution is -0.143. The van der Waals surface area contributed by atoms with Gasteiger partial charge >= 0.3 is 23.8 Å². The van der Waals surface area contributed by atoms with E-state index in [-0.39, 0.29) is 36.5 Å². The van der Waals surface area contributed by atoms with Gasteiger partial charge in [-0.1, -0.05) is 30.3 Å². The van der Waals surface area contributed by atoms with Crippen LogP contribution in [0.25, 0.3) is 0 Å². The number of methoxy groups -OCH3 is 2. The van der Waals surface area contributed by atoms with Gasteiger partial charge in [0, 0.05) is 13.1 Å². The average molecular weight is 414 g/mol. The van der Waals surface area contributed by atoms with Crippen molar-refractivity contribution in [1.82, 2.24) is 4.90 Å². The van der Waals surface area contributed by atoms with Crippen LogP contribution in [-0.2, 0) is 25.6 Å². The highest BCUT2D eigenvalue weighted by molar-refractivity contribution is 6.39. The number of nitrogens with one attached hydrogen (secondary N) is 1. The molecule has 2 aromatic carbocycles. The van der Waals surface area contributed by atoms with Crippen LogP contribution >= 0.6 is 0 Å². The zero-order valence-corrected chi connectivity index (χ0v) is 16.6. The van der Waals surface area contributed by atoms with Crippen molar-refractivity contribution in [2.45, 2.75) is 6.54 Å². The average Bonchev–Trinajstić information content (AvgIpc) is 2.77. The summed E-state index contributed by atoms with van der Waals surface area (Å²) in [6.07, 6.45) is 0. The number of carbonyl (C=O) groups is 4. The van der Waals surface area contributed by atoms with E-state index in [4.69, 9.17) is 0 Å². The molecule has 2 N–H and O–H groups in total. The van der Waals surface area contributed by atoms with Crippen LogP contribution in [-0.4, -0.2) is 61.1 Å². The third-order valence-electron chi connectivity index (χ3n) is 4.16. The highest BCUT2D eigenvalue weighted by Crippen LogP contribution is 2.20. The Hall–Kier alpha value is -3.72. The summed E-state index contributed by atoms with van der Waals surface area (Å²) in [4.78, 5) is 50.2. The molecule has 0 fully saturated rings. The molecule has 30 heavy (non-hydrogen) atoms. The summed E-state index contributed by atoms with van der Waals surface area (Å²) in [5.41, 5.74) is 0.731. The van der Waals surface area contributed by atoms with Gasteiger partial charge in [-0.3, -0.25) is 9.59 Å². The van der Waals surface area contributed by atoms with Crippen molar-refractivity contribution in [2.24, 2.45) is 0 Å². The summed E-state index contributed by atoms with van der Waals surface area (Å²) in [6.45, 7) is -0.288. The smallest absolute Gasteiger partial charge is 0.339 e. The molecule has 0 aliphatic heterocycles. The second-order valence-electron chi connectivity index (χ2n) is 6.13. The third kappa shape index (κ3) is 5.65. The van der Waals surface area contributed by atoms with Gasteiger partial charge in [0.05, 0.1) is 37.6 Å². The minimum Gasteiger partial charge on any atom is -0.465 e. The maximum absolute atomic E-state index is 12.7. The summed E-state index contributed by atoms with van der Waals surface area (Å²) in [5.74, 6) is -3.39. The standard InChI is InChI=1S/C21H22N2O7/c1-29-20(27)15-8-9-16(21(28)30-2)17(12-15)22-18(25)19(26)23(10-11-24)13-14-6-4-3-5-7-14/h3-9,12,24H,10-11,13H2,1-2H3,(H,22,25). The van der Waals surface area contributed by atoms with Crippen LogP contribution in [0.1, 0.15) is 26.3 Å². The fourth-order valence-electron chi connectivity index (χ4n) is 2.68. The lowest BCUT2D eigenvalue weighted by atomic mass is 10.1. The first-order chi connectivity index (χ1) is 14.4. The Morgan fingerprint density at radius 2 is 1.63 bits per heavy atom. The van der Waals surface area contributed by atoms with E-state index in [0.29, 0.717) is 0 Å². The van der Waals surface area contributed by atoms with Gasteiger partial charge in [0.15, 0.2) is 0 Å². The van der Waals surface area contributed by atoms with Crippen molar-refractivity contribution < 1.29 is 33.8 Å². The number of anilines is 1. The molecule has 0 saturated heterocycles. The molecule has 158 valence electrons. The number of aliphatic hydroxyl groups excluding tert-OH is 1. The molecule has 9 heteroatoms. The number of aliphatic hydroxyl groups is 1.